The highest BCUT2D eigenvalue weighted by Crippen LogP contribution is 2.40. The van der Waals surface area contributed by atoms with Gasteiger partial charge in [0.15, 0.2) is 0 Å². The highest BCUT2D eigenvalue weighted by atomic mass is 16.3. The molecule has 1 fully saturated rings. The molecule has 3 heterocycles. The van der Waals surface area contributed by atoms with E-state index in [4.69, 9.17) is 0 Å². The highest BCUT2D eigenvalue weighted by Gasteiger charge is 2.33. The van der Waals surface area contributed by atoms with Crippen LogP contribution in [0, 0.1) is 19.8 Å². The lowest BCUT2D eigenvalue weighted by Gasteiger charge is -2.21. The molecule has 1 N–H and O–H groups in total. The fraction of sp³-hybridized carbons (Fsp3) is 0.550. The zero-order chi connectivity index (χ0) is 19.3. The van der Waals surface area contributed by atoms with E-state index >= 15 is 0 Å². The van der Waals surface area contributed by atoms with Crippen LogP contribution in [0.2, 0.25) is 0 Å². The largest absolute Gasteiger partial charge is 0.386 e. The fourth-order valence-electron chi connectivity index (χ4n) is 3.85. The summed E-state index contributed by atoms with van der Waals surface area (Å²) >= 11 is 0. The zero-order valence-corrected chi connectivity index (χ0v) is 16.1. The van der Waals surface area contributed by atoms with Crippen molar-refractivity contribution in [2.75, 3.05) is 6.54 Å². The average Bonchev–Trinajstić information content (AvgIpc) is 3.43. The summed E-state index contributed by atoms with van der Waals surface area (Å²) in [5.41, 5.74) is 3.15. The van der Waals surface area contributed by atoms with Crippen LogP contribution in [-0.2, 0) is 20.1 Å². The molecule has 0 saturated heterocycles. The summed E-state index contributed by atoms with van der Waals surface area (Å²) < 4.78 is 3.42. The summed E-state index contributed by atoms with van der Waals surface area (Å²) in [4.78, 5) is 27.6. The molecule has 1 aliphatic carbocycles. The molecule has 7 heteroatoms. The van der Waals surface area contributed by atoms with Crippen LogP contribution in [0.1, 0.15) is 58.4 Å². The van der Waals surface area contributed by atoms with Crippen LogP contribution in [0.3, 0.4) is 0 Å². The summed E-state index contributed by atoms with van der Waals surface area (Å²) in [6.07, 6.45) is 2.35. The molecule has 1 amide bonds. The molecular formula is C20H26N4O3. The van der Waals surface area contributed by atoms with Crippen molar-refractivity contribution in [2.45, 2.75) is 52.3 Å². The number of amides is 1. The normalized spacial score (nSPS) is 18.1. The third-order valence-electron chi connectivity index (χ3n) is 5.77. The first kappa shape index (κ1) is 18.0. The average molecular weight is 370 g/mol. The lowest BCUT2D eigenvalue weighted by atomic mass is 10.1. The van der Waals surface area contributed by atoms with Crippen molar-refractivity contribution >= 4 is 5.91 Å². The van der Waals surface area contributed by atoms with Crippen molar-refractivity contribution in [3.05, 3.63) is 50.7 Å². The predicted octanol–water partition coefficient (Wildman–Crippen LogP) is 1.69. The molecule has 144 valence electrons. The van der Waals surface area contributed by atoms with Gasteiger partial charge in [-0.2, -0.15) is 5.10 Å². The van der Waals surface area contributed by atoms with Crippen LogP contribution in [0.4, 0.5) is 0 Å². The van der Waals surface area contributed by atoms with Crippen LogP contribution in [0.5, 0.6) is 0 Å². The number of aryl methyl sites for hydroxylation is 3. The molecule has 0 aromatic carbocycles. The summed E-state index contributed by atoms with van der Waals surface area (Å²) in [5.74, 6) is 0.0900. The molecule has 7 nitrogen and oxygen atoms in total. The van der Waals surface area contributed by atoms with Gasteiger partial charge >= 0.3 is 0 Å². The number of hydrogen-bond donors (Lipinski definition) is 1. The highest BCUT2D eigenvalue weighted by molar-refractivity contribution is 5.95. The topological polar surface area (TPSA) is 80.4 Å². The standard InChI is InChI=1S/C20H26N4O3/c1-12-9-13(2)22(3)19(26)17(12)20(27)23-7-4-8-24-15(11-23)10-16(21-24)18(25)14-5-6-14/h9-10,14,18,25H,4-8,11H2,1-3H3. The van der Waals surface area contributed by atoms with Gasteiger partial charge in [-0.15, -0.1) is 0 Å². The maximum absolute atomic E-state index is 13.2. The van der Waals surface area contributed by atoms with Crippen molar-refractivity contribution in [3.63, 3.8) is 0 Å². The third kappa shape index (κ3) is 3.20. The van der Waals surface area contributed by atoms with Gasteiger partial charge in [-0.05, 0) is 56.7 Å². The maximum atomic E-state index is 13.2. The number of carbonyl (C=O) groups excluding carboxylic acids is 1. The number of nitrogens with zero attached hydrogens (tertiary/aromatic N) is 4. The lowest BCUT2D eigenvalue weighted by Crippen LogP contribution is -2.37. The monoisotopic (exact) mass is 370 g/mol. The van der Waals surface area contributed by atoms with Gasteiger partial charge in [0.25, 0.3) is 11.5 Å². The summed E-state index contributed by atoms with van der Waals surface area (Å²) in [5, 5.41) is 14.9. The Hall–Kier alpha value is -2.41. The second-order valence-electron chi connectivity index (χ2n) is 7.85. The Bertz CT molecular complexity index is 955. The molecule has 27 heavy (non-hydrogen) atoms. The third-order valence-corrected chi connectivity index (χ3v) is 5.77. The smallest absolute Gasteiger partial charge is 0.263 e. The lowest BCUT2D eigenvalue weighted by molar-refractivity contribution is 0.0742. The first-order valence-corrected chi connectivity index (χ1v) is 9.58. The Morgan fingerprint density at radius 2 is 2.00 bits per heavy atom. The van der Waals surface area contributed by atoms with Crippen molar-refractivity contribution in [3.8, 4) is 0 Å². The number of fused-ring (bicyclic) bond motifs is 1. The number of aliphatic hydroxyl groups is 1. The number of aromatic nitrogens is 3. The van der Waals surface area contributed by atoms with Crippen LogP contribution >= 0.6 is 0 Å². The van der Waals surface area contributed by atoms with Crippen molar-refractivity contribution in [2.24, 2.45) is 13.0 Å². The first-order chi connectivity index (χ1) is 12.9. The zero-order valence-electron chi connectivity index (χ0n) is 16.1. The molecule has 1 unspecified atom stereocenters. The van der Waals surface area contributed by atoms with E-state index in [2.05, 4.69) is 5.10 Å². The van der Waals surface area contributed by atoms with Crippen LogP contribution in [-0.4, -0.2) is 36.8 Å². The molecule has 1 aliphatic heterocycles. The van der Waals surface area contributed by atoms with Crippen molar-refractivity contribution in [1.29, 1.82) is 0 Å². The molecule has 2 aliphatic rings. The Balaban J connectivity index is 1.63. The minimum atomic E-state index is -0.514. The van der Waals surface area contributed by atoms with Gasteiger partial charge in [0.2, 0.25) is 0 Å². The second kappa shape index (κ2) is 6.64. The van der Waals surface area contributed by atoms with Gasteiger partial charge in [-0.3, -0.25) is 14.3 Å². The van der Waals surface area contributed by atoms with Crippen molar-refractivity contribution in [1.82, 2.24) is 19.2 Å². The Kier molecular flexibility index (Phi) is 4.42. The van der Waals surface area contributed by atoms with Gasteiger partial charge in [-0.25, -0.2) is 0 Å². The van der Waals surface area contributed by atoms with E-state index in [0.29, 0.717) is 36.8 Å². The van der Waals surface area contributed by atoms with Gasteiger partial charge in [0.1, 0.15) is 11.7 Å². The molecule has 1 saturated carbocycles. The van der Waals surface area contributed by atoms with Gasteiger partial charge in [0.05, 0.1) is 17.9 Å². The summed E-state index contributed by atoms with van der Waals surface area (Å²) in [6.45, 7) is 5.37. The molecule has 1 atom stereocenters. The molecule has 0 spiro atoms. The van der Waals surface area contributed by atoms with E-state index in [0.717, 1.165) is 30.7 Å². The van der Waals surface area contributed by atoms with E-state index < -0.39 is 6.10 Å². The number of aliphatic hydroxyl groups excluding tert-OH is 1. The van der Waals surface area contributed by atoms with E-state index in [1.165, 1.54) is 4.57 Å². The molecule has 2 aromatic rings. The van der Waals surface area contributed by atoms with E-state index in [9.17, 15) is 14.7 Å². The predicted molar refractivity (Wildman–Crippen MR) is 100 cm³/mol. The molecule has 2 aromatic heterocycles. The quantitative estimate of drug-likeness (QED) is 0.892. The van der Waals surface area contributed by atoms with Gasteiger partial charge in [0, 0.05) is 25.8 Å². The fourth-order valence-corrected chi connectivity index (χ4v) is 3.85. The van der Waals surface area contributed by atoms with Gasteiger partial charge in [-0.1, -0.05) is 0 Å². The Labute approximate surface area is 158 Å². The van der Waals surface area contributed by atoms with Crippen molar-refractivity contribution < 1.29 is 9.90 Å². The minimum Gasteiger partial charge on any atom is -0.386 e. The molecular weight excluding hydrogens is 344 g/mol. The molecule has 0 bridgehead atoms. The summed E-state index contributed by atoms with van der Waals surface area (Å²) in [6, 6.07) is 3.79. The SMILES string of the molecule is Cc1cc(C)n(C)c(=O)c1C(=O)N1CCCn2nc(C(O)C3CC3)cc2C1. The number of carbonyl (C=O) groups is 1. The van der Waals surface area contributed by atoms with Gasteiger partial charge < -0.3 is 14.6 Å². The number of rotatable bonds is 3. The first-order valence-electron chi connectivity index (χ1n) is 9.58. The Morgan fingerprint density at radius 3 is 2.70 bits per heavy atom. The van der Waals surface area contributed by atoms with Crippen LogP contribution in [0.15, 0.2) is 16.9 Å². The number of hydrogen-bond acceptors (Lipinski definition) is 4. The molecule has 0 radical (unpaired) electrons. The van der Waals surface area contributed by atoms with Crippen LogP contribution in [0.25, 0.3) is 0 Å². The van der Waals surface area contributed by atoms with E-state index in [-0.39, 0.29) is 17.0 Å². The summed E-state index contributed by atoms with van der Waals surface area (Å²) in [7, 11) is 1.69. The molecule has 4 rings (SSSR count). The number of pyridine rings is 1. The second-order valence-corrected chi connectivity index (χ2v) is 7.85. The van der Waals surface area contributed by atoms with Crippen LogP contribution < -0.4 is 5.56 Å². The maximum Gasteiger partial charge on any atom is 0.263 e. The Morgan fingerprint density at radius 1 is 1.26 bits per heavy atom. The van der Waals surface area contributed by atoms with E-state index in [1.807, 2.05) is 30.7 Å². The minimum absolute atomic E-state index is 0.230. The van der Waals surface area contributed by atoms with E-state index in [1.54, 1.807) is 11.9 Å².